The second-order valence-corrected chi connectivity index (χ2v) is 6.85. The van der Waals surface area contributed by atoms with Gasteiger partial charge in [0.2, 0.25) is 5.91 Å². The molecule has 0 aromatic rings. The van der Waals surface area contributed by atoms with Crippen molar-refractivity contribution < 1.29 is 4.79 Å². The van der Waals surface area contributed by atoms with E-state index in [4.69, 9.17) is 4.99 Å². The molecule has 2 N–H and O–H groups in total. The van der Waals surface area contributed by atoms with E-state index in [1.165, 1.54) is 25.9 Å². The molecule has 0 aromatic carbocycles. The predicted molar refractivity (Wildman–Crippen MR) is 99.3 cm³/mol. The summed E-state index contributed by atoms with van der Waals surface area (Å²) in [4.78, 5) is 21.2. The van der Waals surface area contributed by atoms with E-state index in [0.717, 1.165) is 45.0 Å². The SMILES string of the molecule is CCNC(=NCC(CC)N1CCCC1)NC1CCN(C(=O)CC)C1. The van der Waals surface area contributed by atoms with Gasteiger partial charge in [-0.25, -0.2) is 0 Å². The number of nitrogens with zero attached hydrogens (tertiary/aromatic N) is 3. The van der Waals surface area contributed by atoms with E-state index in [1.54, 1.807) is 0 Å². The van der Waals surface area contributed by atoms with Gasteiger partial charge in [-0.15, -0.1) is 0 Å². The number of hydrogen-bond acceptors (Lipinski definition) is 3. The highest BCUT2D eigenvalue weighted by molar-refractivity contribution is 5.80. The van der Waals surface area contributed by atoms with Crippen LogP contribution in [-0.2, 0) is 4.79 Å². The Kier molecular flexibility index (Phi) is 7.82. The van der Waals surface area contributed by atoms with Crippen LogP contribution in [0.2, 0.25) is 0 Å². The molecule has 0 aromatic heterocycles. The van der Waals surface area contributed by atoms with Crippen LogP contribution in [0, 0.1) is 0 Å². The van der Waals surface area contributed by atoms with Gasteiger partial charge < -0.3 is 15.5 Å². The summed E-state index contributed by atoms with van der Waals surface area (Å²) in [6.07, 6.45) is 5.38. The lowest BCUT2D eigenvalue weighted by atomic mass is 10.2. The molecule has 1 amide bonds. The summed E-state index contributed by atoms with van der Waals surface area (Å²) < 4.78 is 0. The smallest absolute Gasteiger partial charge is 0.222 e. The molecule has 0 aliphatic carbocycles. The molecular weight excluding hydrogens is 302 g/mol. The molecule has 2 aliphatic heterocycles. The highest BCUT2D eigenvalue weighted by atomic mass is 16.2. The third-order valence-corrected chi connectivity index (χ3v) is 5.12. The van der Waals surface area contributed by atoms with Crippen molar-refractivity contribution in [2.24, 2.45) is 4.99 Å². The molecule has 2 fully saturated rings. The highest BCUT2D eigenvalue weighted by Gasteiger charge is 2.26. The second kappa shape index (κ2) is 9.87. The van der Waals surface area contributed by atoms with Crippen LogP contribution in [0.15, 0.2) is 4.99 Å². The van der Waals surface area contributed by atoms with Gasteiger partial charge in [0, 0.05) is 38.1 Å². The summed E-state index contributed by atoms with van der Waals surface area (Å²) in [7, 11) is 0. The molecule has 2 atom stereocenters. The van der Waals surface area contributed by atoms with Crippen LogP contribution in [0.3, 0.4) is 0 Å². The van der Waals surface area contributed by atoms with Crippen molar-refractivity contribution in [2.75, 3.05) is 39.3 Å². The van der Waals surface area contributed by atoms with Crippen LogP contribution >= 0.6 is 0 Å². The molecule has 2 aliphatic rings. The minimum Gasteiger partial charge on any atom is -0.357 e. The summed E-state index contributed by atoms with van der Waals surface area (Å²) in [6, 6.07) is 0.856. The standard InChI is InChI=1S/C18H35N5O/c1-4-16(22-10-7-8-11-22)13-20-18(19-6-3)21-15-9-12-23(14-15)17(24)5-2/h15-16H,4-14H2,1-3H3,(H2,19,20,21). The fraction of sp³-hybridized carbons (Fsp3) is 0.889. The summed E-state index contributed by atoms with van der Waals surface area (Å²) in [5, 5.41) is 6.88. The Morgan fingerprint density at radius 3 is 2.58 bits per heavy atom. The van der Waals surface area contributed by atoms with Crippen molar-refractivity contribution in [3.63, 3.8) is 0 Å². The van der Waals surface area contributed by atoms with Crippen LogP contribution in [0.25, 0.3) is 0 Å². The van der Waals surface area contributed by atoms with Gasteiger partial charge in [0.25, 0.3) is 0 Å². The van der Waals surface area contributed by atoms with Gasteiger partial charge in [0.1, 0.15) is 0 Å². The number of likely N-dealkylation sites (tertiary alicyclic amines) is 2. The molecule has 138 valence electrons. The third-order valence-electron chi connectivity index (χ3n) is 5.12. The molecule has 2 unspecified atom stereocenters. The maximum Gasteiger partial charge on any atom is 0.222 e. The van der Waals surface area contributed by atoms with Crippen LogP contribution in [-0.4, -0.2) is 73.0 Å². The number of amides is 1. The summed E-state index contributed by atoms with van der Waals surface area (Å²) in [6.45, 7) is 12.1. The Morgan fingerprint density at radius 1 is 1.21 bits per heavy atom. The quantitative estimate of drug-likeness (QED) is 0.545. The molecule has 2 heterocycles. The largest absolute Gasteiger partial charge is 0.357 e. The molecule has 0 bridgehead atoms. The molecule has 6 nitrogen and oxygen atoms in total. The first-order chi connectivity index (χ1) is 11.7. The zero-order valence-corrected chi connectivity index (χ0v) is 15.7. The molecule has 0 saturated carbocycles. The van der Waals surface area contributed by atoms with Crippen molar-refractivity contribution in [3.05, 3.63) is 0 Å². The van der Waals surface area contributed by atoms with E-state index in [1.807, 2.05) is 11.8 Å². The molecule has 2 saturated heterocycles. The number of aliphatic imine (C=N–C) groups is 1. The van der Waals surface area contributed by atoms with Gasteiger partial charge in [-0.2, -0.15) is 0 Å². The van der Waals surface area contributed by atoms with E-state index in [9.17, 15) is 4.79 Å². The van der Waals surface area contributed by atoms with Crippen LogP contribution in [0.5, 0.6) is 0 Å². The maximum absolute atomic E-state index is 11.8. The van der Waals surface area contributed by atoms with Crippen molar-refractivity contribution >= 4 is 11.9 Å². The van der Waals surface area contributed by atoms with E-state index in [0.29, 0.717) is 18.5 Å². The zero-order chi connectivity index (χ0) is 17.4. The van der Waals surface area contributed by atoms with Gasteiger partial charge >= 0.3 is 0 Å². The molecule has 6 heteroatoms. The lowest BCUT2D eigenvalue weighted by Gasteiger charge is -2.25. The van der Waals surface area contributed by atoms with Crippen molar-refractivity contribution in [2.45, 2.75) is 65.0 Å². The normalized spacial score (nSPS) is 23.5. The first kappa shape index (κ1) is 19.0. The van der Waals surface area contributed by atoms with E-state index in [2.05, 4.69) is 29.4 Å². The molecular formula is C18H35N5O. The van der Waals surface area contributed by atoms with Gasteiger partial charge in [-0.3, -0.25) is 14.7 Å². The lowest BCUT2D eigenvalue weighted by Crippen LogP contribution is -2.46. The number of carbonyl (C=O) groups is 1. The van der Waals surface area contributed by atoms with E-state index < -0.39 is 0 Å². The lowest BCUT2D eigenvalue weighted by molar-refractivity contribution is -0.129. The summed E-state index contributed by atoms with van der Waals surface area (Å²) in [5.41, 5.74) is 0. The Morgan fingerprint density at radius 2 is 1.96 bits per heavy atom. The number of hydrogen-bond donors (Lipinski definition) is 2. The molecule has 0 radical (unpaired) electrons. The van der Waals surface area contributed by atoms with Crippen molar-refractivity contribution in [3.8, 4) is 0 Å². The number of nitrogens with one attached hydrogen (secondary N) is 2. The van der Waals surface area contributed by atoms with Crippen LogP contribution < -0.4 is 10.6 Å². The van der Waals surface area contributed by atoms with E-state index >= 15 is 0 Å². The minimum atomic E-state index is 0.251. The zero-order valence-electron chi connectivity index (χ0n) is 15.7. The van der Waals surface area contributed by atoms with E-state index in [-0.39, 0.29) is 5.91 Å². The highest BCUT2D eigenvalue weighted by Crippen LogP contribution is 2.14. The maximum atomic E-state index is 11.8. The van der Waals surface area contributed by atoms with Crippen LogP contribution in [0.4, 0.5) is 0 Å². The van der Waals surface area contributed by atoms with Gasteiger partial charge in [0.15, 0.2) is 5.96 Å². The second-order valence-electron chi connectivity index (χ2n) is 6.85. The summed E-state index contributed by atoms with van der Waals surface area (Å²) in [5.74, 6) is 1.15. The van der Waals surface area contributed by atoms with Crippen molar-refractivity contribution in [1.29, 1.82) is 0 Å². The molecule has 0 spiro atoms. The Bertz CT molecular complexity index is 420. The fourth-order valence-corrected chi connectivity index (χ4v) is 3.65. The number of carbonyl (C=O) groups excluding carboxylic acids is 1. The van der Waals surface area contributed by atoms with Gasteiger partial charge in [0.05, 0.1) is 6.54 Å². The Hall–Kier alpha value is -1.30. The monoisotopic (exact) mass is 337 g/mol. The third kappa shape index (κ3) is 5.36. The first-order valence-electron chi connectivity index (χ1n) is 9.74. The summed E-state index contributed by atoms with van der Waals surface area (Å²) >= 11 is 0. The van der Waals surface area contributed by atoms with Gasteiger partial charge in [-0.05, 0) is 45.7 Å². The van der Waals surface area contributed by atoms with Gasteiger partial charge in [-0.1, -0.05) is 13.8 Å². The Labute approximate surface area is 147 Å². The molecule has 2 rings (SSSR count). The topological polar surface area (TPSA) is 60.0 Å². The van der Waals surface area contributed by atoms with Crippen LogP contribution in [0.1, 0.15) is 52.9 Å². The molecule has 24 heavy (non-hydrogen) atoms. The predicted octanol–water partition coefficient (Wildman–Crippen LogP) is 1.43. The van der Waals surface area contributed by atoms with Crippen molar-refractivity contribution in [1.82, 2.24) is 20.4 Å². The number of guanidine groups is 1. The average Bonchev–Trinajstić information content (AvgIpc) is 3.27. The minimum absolute atomic E-state index is 0.251. The number of rotatable bonds is 7. The average molecular weight is 338 g/mol. The fourth-order valence-electron chi connectivity index (χ4n) is 3.65. The first-order valence-corrected chi connectivity index (χ1v) is 9.74. The Balaban J connectivity index is 1.87.